The van der Waals surface area contributed by atoms with E-state index in [4.69, 9.17) is 5.11 Å². The molecule has 0 aromatic rings. The smallest absolute Gasteiger partial charge is 0.307 e. The molecule has 0 spiro atoms. The third-order valence-electron chi connectivity index (χ3n) is 3.70. The molecule has 0 aromatic heterocycles. The van der Waals surface area contributed by atoms with Gasteiger partial charge >= 0.3 is 5.97 Å². The molecule has 1 saturated heterocycles. The molecule has 1 aliphatic heterocycles. The molecule has 124 valence electrons. The van der Waals surface area contributed by atoms with Crippen LogP contribution >= 0.6 is 0 Å². The molecule has 6 nitrogen and oxygen atoms in total. The van der Waals surface area contributed by atoms with E-state index >= 15 is 0 Å². The fourth-order valence-corrected chi connectivity index (χ4v) is 4.53. The molecule has 0 radical (unpaired) electrons. The van der Waals surface area contributed by atoms with Crippen LogP contribution in [-0.4, -0.2) is 67.2 Å². The van der Waals surface area contributed by atoms with E-state index in [9.17, 15) is 13.2 Å². The average molecular weight is 320 g/mol. The van der Waals surface area contributed by atoms with Gasteiger partial charge in [-0.15, -0.1) is 0 Å². The molecule has 1 rings (SSSR count). The van der Waals surface area contributed by atoms with Gasteiger partial charge in [0.15, 0.2) is 0 Å². The van der Waals surface area contributed by atoms with E-state index in [0.29, 0.717) is 32.6 Å². The zero-order valence-electron chi connectivity index (χ0n) is 13.3. The zero-order valence-corrected chi connectivity index (χ0v) is 14.1. The van der Waals surface area contributed by atoms with Gasteiger partial charge in [0.05, 0.1) is 11.7 Å². The van der Waals surface area contributed by atoms with Crippen molar-refractivity contribution in [3.8, 4) is 0 Å². The highest BCUT2D eigenvalue weighted by Crippen LogP contribution is 2.16. The van der Waals surface area contributed by atoms with Gasteiger partial charge in [0.2, 0.25) is 10.0 Å². The summed E-state index contributed by atoms with van der Waals surface area (Å²) in [6.45, 7) is 8.63. The van der Waals surface area contributed by atoms with E-state index in [1.165, 1.54) is 0 Å². The molecule has 1 fully saturated rings. The molecule has 1 heterocycles. The summed E-state index contributed by atoms with van der Waals surface area (Å²) in [5.74, 6) is -0.783. The van der Waals surface area contributed by atoms with Crippen LogP contribution in [0.25, 0.3) is 0 Å². The van der Waals surface area contributed by atoms with Gasteiger partial charge in [0.1, 0.15) is 0 Å². The molecule has 1 N–H and O–H groups in total. The number of carboxylic acids is 1. The largest absolute Gasteiger partial charge is 0.481 e. The topological polar surface area (TPSA) is 77.9 Å². The molecule has 21 heavy (non-hydrogen) atoms. The summed E-state index contributed by atoms with van der Waals surface area (Å²) in [6, 6.07) is 0. The van der Waals surface area contributed by atoms with Crippen molar-refractivity contribution in [3.63, 3.8) is 0 Å². The summed E-state index contributed by atoms with van der Waals surface area (Å²) in [5, 5.41) is 8.99. The minimum absolute atomic E-state index is 0.109. The fourth-order valence-electron chi connectivity index (χ4n) is 2.66. The van der Waals surface area contributed by atoms with E-state index in [-0.39, 0.29) is 17.6 Å². The molecule has 0 aromatic carbocycles. The van der Waals surface area contributed by atoms with E-state index in [2.05, 4.69) is 0 Å². The number of carbonyl (C=O) groups is 1. The van der Waals surface area contributed by atoms with Gasteiger partial charge in [-0.3, -0.25) is 4.79 Å². The van der Waals surface area contributed by atoms with E-state index in [1.807, 2.05) is 25.7 Å². The number of nitrogens with zero attached hydrogens (tertiary/aromatic N) is 2. The van der Waals surface area contributed by atoms with Crippen molar-refractivity contribution in [1.82, 2.24) is 9.21 Å². The maximum Gasteiger partial charge on any atom is 0.307 e. The van der Waals surface area contributed by atoms with Crippen molar-refractivity contribution in [2.24, 2.45) is 11.8 Å². The standard InChI is InChI=1S/C14H28N2O4S/c1-4-6-16(21(19,20)11-12(2)3)9-8-15-7-5-13(10-15)14(17)18/h12-13H,4-11H2,1-3H3,(H,17,18). The Bertz CT molecular complexity index is 436. The SMILES string of the molecule is CCCN(CCN1CCC(C(=O)O)C1)S(=O)(=O)CC(C)C. The summed E-state index contributed by atoms with van der Waals surface area (Å²) in [7, 11) is -3.21. The normalized spacial score (nSPS) is 20.5. The summed E-state index contributed by atoms with van der Waals surface area (Å²) in [6.07, 6.45) is 1.44. The van der Waals surface area contributed by atoms with Crippen LogP contribution < -0.4 is 0 Å². The minimum atomic E-state index is -3.21. The van der Waals surface area contributed by atoms with Gasteiger partial charge in [0.25, 0.3) is 0 Å². The van der Waals surface area contributed by atoms with Gasteiger partial charge < -0.3 is 10.0 Å². The molecule has 7 heteroatoms. The Morgan fingerprint density at radius 2 is 2.05 bits per heavy atom. The van der Waals surface area contributed by atoms with E-state index in [0.717, 1.165) is 13.0 Å². The molecule has 0 aliphatic carbocycles. The Morgan fingerprint density at radius 1 is 1.38 bits per heavy atom. The lowest BCUT2D eigenvalue weighted by atomic mass is 10.1. The van der Waals surface area contributed by atoms with Gasteiger partial charge in [-0.25, -0.2) is 12.7 Å². The van der Waals surface area contributed by atoms with Crippen LogP contribution in [0.2, 0.25) is 0 Å². The fraction of sp³-hybridized carbons (Fsp3) is 0.929. The second-order valence-corrected chi connectivity index (χ2v) is 8.21. The maximum absolute atomic E-state index is 12.3. The highest BCUT2D eigenvalue weighted by Gasteiger charge is 2.29. The van der Waals surface area contributed by atoms with Crippen molar-refractivity contribution >= 4 is 16.0 Å². The van der Waals surface area contributed by atoms with Gasteiger partial charge in [-0.1, -0.05) is 20.8 Å². The van der Waals surface area contributed by atoms with Gasteiger partial charge in [-0.05, 0) is 25.3 Å². The molecule has 1 unspecified atom stereocenters. The Labute approximate surface area is 128 Å². The van der Waals surface area contributed by atoms with Crippen molar-refractivity contribution in [1.29, 1.82) is 0 Å². The summed E-state index contributed by atoms with van der Waals surface area (Å²) in [4.78, 5) is 13.0. The Hall–Kier alpha value is -0.660. The van der Waals surface area contributed by atoms with Crippen LogP contribution in [0.4, 0.5) is 0 Å². The first-order chi connectivity index (χ1) is 9.76. The number of rotatable bonds is 9. The highest BCUT2D eigenvalue weighted by atomic mass is 32.2. The lowest BCUT2D eigenvalue weighted by Gasteiger charge is -2.25. The van der Waals surface area contributed by atoms with Crippen molar-refractivity contribution in [2.45, 2.75) is 33.6 Å². The number of carboxylic acid groups (broad SMARTS) is 1. The predicted octanol–water partition coefficient (Wildman–Crippen LogP) is 1.09. The number of sulfonamides is 1. The van der Waals surface area contributed by atoms with Crippen molar-refractivity contribution < 1.29 is 18.3 Å². The lowest BCUT2D eigenvalue weighted by Crippen LogP contribution is -2.40. The van der Waals surface area contributed by atoms with Crippen LogP contribution in [-0.2, 0) is 14.8 Å². The maximum atomic E-state index is 12.3. The second kappa shape index (κ2) is 8.10. The number of likely N-dealkylation sites (tertiary alicyclic amines) is 1. The summed E-state index contributed by atoms with van der Waals surface area (Å²) in [5.41, 5.74) is 0. The molecule has 1 atom stereocenters. The van der Waals surface area contributed by atoms with E-state index in [1.54, 1.807) is 4.31 Å². The third kappa shape index (κ3) is 5.92. The average Bonchev–Trinajstić information content (AvgIpc) is 2.81. The summed E-state index contributed by atoms with van der Waals surface area (Å²) >= 11 is 0. The number of hydrogen-bond donors (Lipinski definition) is 1. The molecule has 1 aliphatic rings. The van der Waals surface area contributed by atoms with Crippen LogP contribution in [0.1, 0.15) is 33.6 Å². The van der Waals surface area contributed by atoms with Crippen LogP contribution in [0.15, 0.2) is 0 Å². The Morgan fingerprint density at radius 3 is 2.52 bits per heavy atom. The quantitative estimate of drug-likeness (QED) is 0.688. The first-order valence-electron chi connectivity index (χ1n) is 7.69. The third-order valence-corrected chi connectivity index (χ3v) is 5.94. The van der Waals surface area contributed by atoms with E-state index < -0.39 is 16.0 Å². The highest BCUT2D eigenvalue weighted by molar-refractivity contribution is 7.89. The van der Waals surface area contributed by atoms with Crippen molar-refractivity contribution in [2.75, 3.05) is 38.5 Å². The molecule has 0 amide bonds. The summed E-state index contributed by atoms with van der Waals surface area (Å²) < 4.78 is 26.2. The second-order valence-electron chi connectivity index (χ2n) is 6.20. The lowest BCUT2D eigenvalue weighted by molar-refractivity contribution is -0.141. The zero-order chi connectivity index (χ0) is 16.0. The van der Waals surface area contributed by atoms with Gasteiger partial charge in [0, 0.05) is 26.2 Å². The van der Waals surface area contributed by atoms with Crippen molar-refractivity contribution in [3.05, 3.63) is 0 Å². The minimum Gasteiger partial charge on any atom is -0.481 e. The van der Waals surface area contributed by atoms with Gasteiger partial charge in [-0.2, -0.15) is 0 Å². The number of hydrogen-bond acceptors (Lipinski definition) is 4. The first kappa shape index (κ1) is 18.4. The van der Waals surface area contributed by atoms with Crippen LogP contribution in [0.5, 0.6) is 0 Å². The monoisotopic (exact) mass is 320 g/mol. The molecule has 0 bridgehead atoms. The van der Waals surface area contributed by atoms with Crippen LogP contribution in [0.3, 0.4) is 0 Å². The van der Waals surface area contributed by atoms with Crippen LogP contribution in [0, 0.1) is 11.8 Å². The number of aliphatic carboxylic acids is 1. The molecule has 0 saturated carbocycles. The molecular weight excluding hydrogens is 292 g/mol. The Kier molecular flexibility index (Phi) is 7.09. The molecular formula is C14H28N2O4S. The first-order valence-corrected chi connectivity index (χ1v) is 9.30. The Balaban J connectivity index is 2.54. The predicted molar refractivity (Wildman–Crippen MR) is 82.7 cm³/mol.